The average molecular weight is 363 g/mol. The van der Waals surface area contributed by atoms with E-state index in [9.17, 15) is 0 Å². The van der Waals surface area contributed by atoms with Crippen LogP contribution < -0.4 is 0 Å². The van der Waals surface area contributed by atoms with Crippen LogP contribution in [0.25, 0.3) is 0 Å². The number of hydrogen-bond donors (Lipinski definition) is 1. The summed E-state index contributed by atoms with van der Waals surface area (Å²) in [6, 6.07) is 0. The van der Waals surface area contributed by atoms with Gasteiger partial charge in [0.1, 0.15) is 0 Å². The molecule has 0 N–H and O–H groups in total. The van der Waals surface area contributed by atoms with E-state index in [1.165, 1.54) is 32.1 Å². The second kappa shape index (κ2) is 13.4. The van der Waals surface area contributed by atoms with E-state index in [1.807, 2.05) is 20.8 Å². The zero-order valence-electron chi connectivity index (χ0n) is 17.0. The molecule has 0 spiro atoms. The summed E-state index contributed by atoms with van der Waals surface area (Å²) in [5, 5.41) is 0. The normalized spacial score (nSPS) is 16.1. The Kier molecular flexibility index (Phi) is 13.6. The summed E-state index contributed by atoms with van der Waals surface area (Å²) in [7, 11) is 0. The van der Waals surface area contributed by atoms with Gasteiger partial charge in [-0.1, -0.05) is 59.3 Å². The number of unbranched alkanes of at least 4 members (excludes halogenated alkanes) is 4. The van der Waals surface area contributed by atoms with Gasteiger partial charge in [0.05, 0.1) is 4.75 Å². The van der Waals surface area contributed by atoms with Gasteiger partial charge in [-0.05, 0) is 39.5 Å². The Morgan fingerprint density at radius 3 is 1.67 bits per heavy atom. The topological polar surface area (TPSA) is 27.7 Å². The molecule has 0 aromatic carbocycles. The highest BCUT2D eigenvalue weighted by Gasteiger charge is 2.55. The number of rotatable bonds is 16. The molecule has 4 heteroatoms. The highest BCUT2D eigenvalue weighted by Crippen LogP contribution is 2.46. The lowest BCUT2D eigenvalue weighted by Gasteiger charge is -2.49. The lowest BCUT2D eigenvalue weighted by molar-refractivity contribution is -0.397. The molecule has 0 amide bonds. The van der Waals surface area contributed by atoms with Crippen molar-refractivity contribution in [1.29, 1.82) is 0 Å². The number of ether oxygens (including phenoxy) is 3. The van der Waals surface area contributed by atoms with Crippen molar-refractivity contribution in [3.05, 3.63) is 0 Å². The monoisotopic (exact) mass is 362 g/mol. The maximum Gasteiger partial charge on any atom is 0.298 e. The molecular formula is C20H42O3S. The van der Waals surface area contributed by atoms with Gasteiger partial charge in [0.15, 0.2) is 0 Å². The van der Waals surface area contributed by atoms with E-state index < -0.39 is 10.7 Å². The minimum Gasteiger partial charge on any atom is -0.327 e. The van der Waals surface area contributed by atoms with Crippen LogP contribution in [0.4, 0.5) is 0 Å². The molecule has 0 aliphatic heterocycles. The molecule has 0 bridgehead atoms. The molecule has 2 atom stereocenters. The van der Waals surface area contributed by atoms with Crippen LogP contribution in [0.3, 0.4) is 0 Å². The third-order valence-corrected chi connectivity index (χ3v) is 5.66. The minimum absolute atomic E-state index is 0.354. The number of thiol groups is 1. The minimum atomic E-state index is -1.06. The van der Waals surface area contributed by atoms with Crippen molar-refractivity contribution in [2.45, 2.75) is 104 Å². The maximum absolute atomic E-state index is 6.07. The largest absolute Gasteiger partial charge is 0.327 e. The van der Waals surface area contributed by atoms with E-state index in [2.05, 4.69) is 20.8 Å². The van der Waals surface area contributed by atoms with Crippen molar-refractivity contribution < 1.29 is 14.2 Å². The summed E-state index contributed by atoms with van der Waals surface area (Å²) in [6.45, 7) is 14.3. The van der Waals surface area contributed by atoms with Crippen LogP contribution in [0, 0.1) is 5.92 Å². The lowest BCUT2D eigenvalue weighted by atomic mass is 9.82. The Balaban J connectivity index is 5.22. The predicted molar refractivity (Wildman–Crippen MR) is 107 cm³/mol. The quantitative estimate of drug-likeness (QED) is 0.201. The van der Waals surface area contributed by atoms with Crippen LogP contribution in [0.5, 0.6) is 0 Å². The van der Waals surface area contributed by atoms with Gasteiger partial charge in [-0.3, -0.25) is 0 Å². The molecule has 0 saturated carbocycles. The standard InChI is InChI=1S/C20H42O3S/c1-7-12-13-14-15-16-18(6)19(24,17-8-2)20(21-9-3,22-10-4)23-11-5/h18,24H,7-17H2,1-6H3. The smallest absolute Gasteiger partial charge is 0.298 e. The van der Waals surface area contributed by atoms with Gasteiger partial charge in [0, 0.05) is 19.8 Å². The number of hydrogen-bond acceptors (Lipinski definition) is 4. The van der Waals surface area contributed by atoms with Crippen molar-refractivity contribution in [3.8, 4) is 0 Å². The summed E-state index contributed by atoms with van der Waals surface area (Å²) in [4.78, 5) is 0. The Morgan fingerprint density at radius 1 is 0.750 bits per heavy atom. The molecule has 0 radical (unpaired) electrons. The predicted octanol–water partition coefficient (Wildman–Crippen LogP) is 6.22. The third-order valence-electron chi connectivity index (χ3n) is 4.72. The van der Waals surface area contributed by atoms with Crippen molar-refractivity contribution in [2.75, 3.05) is 19.8 Å². The maximum atomic E-state index is 6.07. The van der Waals surface area contributed by atoms with Gasteiger partial charge < -0.3 is 14.2 Å². The van der Waals surface area contributed by atoms with Crippen LogP contribution in [0.2, 0.25) is 0 Å². The molecule has 0 rings (SSSR count). The van der Waals surface area contributed by atoms with Crippen molar-refractivity contribution in [1.82, 2.24) is 0 Å². The van der Waals surface area contributed by atoms with E-state index in [0.29, 0.717) is 25.7 Å². The first-order valence-corrected chi connectivity index (χ1v) is 10.6. The van der Waals surface area contributed by atoms with Crippen LogP contribution in [-0.4, -0.2) is 30.5 Å². The molecule has 0 aromatic heterocycles. The fraction of sp³-hybridized carbons (Fsp3) is 1.00. The highest BCUT2D eigenvalue weighted by molar-refractivity contribution is 7.82. The summed E-state index contributed by atoms with van der Waals surface area (Å²) in [5.41, 5.74) is 0. The first-order chi connectivity index (χ1) is 11.5. The van der Waals surface area contributed by atoms with Gasteiger partial charge in [0.2, 0.25) is 0 Å². The average Bonchev–Trinajstić information content (AvgIpc) is 2.55. The van der Waals surface area contributed by atoms with E-state index in [4.69, 9.17) is 26.8 Å². The zero-order valence-corrected chi connectivity index (χ0v) is 17.9. The van der Waals surface area contributed by atoms with Gasteiger partial charge in [0.25, 0.3) is 5.97 Å². The first-order valence-electron chi connectivity index (χ1n) is 10.1. The molecule has 2 unspecified atom stereocenters. The molecular weight excluding hydrogens is 320 g/mol. The SMILES string of the molecule is CCCCCCCC(C)C(S)(CCC)C(OCC)(OCC)OCC. The van der Waals surface area contributed by atoms with E-state index in [-0.39, 0.29) is 0 Å². The summed E-state index contributed by atoms with van der Waals surface area (Å²) in [5.74, 6) is -0.709. The Bertz CT molecular complexity index is 282. The fourth-order valence-electron chi connectivity index (χ4n) is 3.45. The molecule has 24 heavy (non-hydrogen) atoms. The Morgan fingerprint density at radius 2 is 1.25 bits per heavy atom. The summed E-state index contributed by atoms with van der Waals surface area (Å²) >= 11 is 5.14. The van der Waals surface area contributed by atoms with Gasteiger partial charge in [-0.25, -0.2) is 0 Å². The molecule has 0 aliphatic carbocycles. The lowest BCUT2D eigenvalue weighted by Crippen LogP contribution is -2.59. The van der Waals surface area contributed by atoms with E-state index in [1.54, 1.807) is 0 Å². The molecule has 0 aliphatic rings. The fourth-order valence-corrected chi connectivity index (χ4v) is 3.99. The van der Waals surface area contributed by atoms with Crippen molar-refractivity contribution >= 4 is 12.6 Å². The Hall–Kier alpha value is 0.230. The van der Waals surface area contributed by atoms with Crippen LogP contribution in [0.15, 0.2) is 0 Å². The van der Waals surface area contributed by atoms with Crippen molar-refractivity contribution in [3.63, 3.8) is 0 Å². The second-order valence-corrected chi connectivity index (χ2v) is 7.43. The van der Waals surface area contributed by atoms with Gasteiger partial charge >= 0.3 is 0 Å². The van der Waals surface area contributed by atoms with E-state index >= 15 is 0 Å². The summed E-state index contributed by atoms with van der Waals surface area (Å²) < 4.78 is 17.8. The third kappa shape index (κ3) is 6.86. The van der Waals surface area contributed by atoms with E-state index in [0.717, 1.165) is 19.3 Å². The van der Waals surface area contributed by atoms with Crippen molar-refractivity contribution in [2.24, 2.45) is 5.92 Å². The first kappa shape index (κ1) is 24.2. The summed E-state index contributed by atoms with van der Waals surface area (Å²) in [6.07, 6.45) is 9.52. The molecule has 0 saturated heterocycles. The molecule has 0 fully saturated rings. The van der Waals surface area contributed by atoms with Gasteiger partial charge in [-0.15, -0.1) is 0 Å². The van der Waals surface area contributed by atoms with Crippen LogP contribution in [0.1, 0.15) is 92.9 Å². The van der Waals surface area contributed by atoms with Crippen LogP contribution in [-0.2, 0) is 14.2 Å². The second-order valence-electron chi connectivity index (χ2n) is 6.63. The molecule has 0 aromatic rings. The Labute approximate surface area is 156 Å². The molecule has 3 nitrogen and oxygen atoms in total. The van der Waals surface area contributed by atoms with Gasteiger partial charge in [-0.2, -0.15) is 12.6 Å². The van der Waals surface area contributed by atoms with Crippen LogP contribution >= 0.6 is 12.6 Å². The molecule has 0 heterocycles. The highest BCUT2D eigenvalue weighted by atomic mass is 32.1. The zero-order chi connectivity index (χ0) is 18.5. The molecule has 146 valence electrons.